The number of methoxy groups -OCH3 is 1. The summed E-state index contributed by atoms with van der Waals surface area (Å²) in [4.78, 5) is 0. The van der Waals surface area contributed by atoms with E-state index in [1.54, 1.807) is 7.11 Å². The molecule has 2 N–H and O–H groups in total. The van der Waals surface area contributed by atoms with E-state index in [-0.39, 0.29) is 0 Å². The number of anilines is 1. The van der Waals surface area contributed by atoms with Gasteiger partial charge in [-0.25, -0.2) is 0 Å². The van der Waals surface area contributed by atoms with Gasteiger partial charge in [0.1, 0.15) is 18.1 Å². The van der Waals surface area contributed by atoms with Gasteiger partial charge >= 0.3 is 0 Å². The Morgan fingerprint density at radius 3 is 2.57 bits per heavy atom. The third-order valence-electron chi connectivity index (χ3n) is 4.06. The minimum atomic E-state index is 0.749. The van der Waals surface area contributed by atoms with Gasteiger partial charge in [0.15, 0.2) is 0 Å². The molecule has 0 radical (unpaired) electrons. The van der Waals surface area contributed by atoms with E-state index in [0.717, 1.165) is 56.3 Å². The Morgan fingerprint density at radius 1 is 1.04 bits per heavy atom. The maximum atomic E-state index is 5.60. The fraction of sp³-hybridized carbons (Fsp3) is 0.368. The molecule has 0 aliphatic carbocycles. The Hall–Kier alpha value is -2.20. The molecule has 0 aromatic heterocycles. The molecule has 2 aromatic rings. The smallest absolute Gasteiger partial charge is 0.142 e. The molecule has 3 rings (SSSR count). The second-order valence-corrected chi connectivity index (χ2v) is 5.70. The van der Waals surface area contributed by atoms with Gasteiger partial charge in [0.25, 0.3) is 0 Å². The van der Waals surface area contributed by atoms with Crippen molar-refractivity contribution in [3.05, 3.63) is 53.6 Å². The Bertz CT molecular complexity index is 626. The van der Waals surface area contributed by atoms with Crippen LogP contribution >= 0.6 is 0 Å². The minimum Gasteiger partial charge on any atom is -0.497 e. The summed E-state index contributed by atoms with van der Waals surface area (Å²) >= 11 is 0. The molecule has 0 saturated carbocycles. The SMILES string of the molecule is COc1ccc(CCNCCc2ccc3c(c2)NCCO3)cc1. The summed E-state index contributed by atoms with van der Waals surface area (Å²) in [5.41, 5.74) is 3.78. The predicted octanol–water partition coefficient (Wildman–Crippen LogP) is 2.87. The summed E-state index contributed by atoms with van der Waals surface area (Å²) in [5.74, 6) is 1.87. The first-order valence-corrected chi connectivity index (χ1v) is 8.18. The normalized spacial score (nSPS) is 12.9. The zero-order valence-electron chi connectivity index (χ0n) is 13.6. The van der Waals surface area contributed by atoms with Crippen molar-refractivity contribution in [2.45, 2.75) is 12.8 Å². The predicted molar refractivity (Wildman–Crippen MR) is 93.7 cm³/mol. The molecular formula is C19H24N2O2. The van der Waals surface area contributed by atoms with Gasteiger partial charge in [-0.05, 0) is 61.3 Å². The van der Waals surface area contributed by atoms with Gasteiger partial charge in [0.2, 0.25) is 0 Å². The standard InChI is InChI=1S/C19H24N2O2/c1-22-17-5-2-15(3-6-17)8-10-20-11-9-16-4-7-19-18(14-16)21-12-13-23-19/h2-7,14,20-21H,8-13H2,1H3. The highest BCUT2D eigenvalue weighted by Gasteiger charge is 2.09. The molecule has 0 amide bonds. The lowest BCUT2D eigenvalue weighted by molar-refractivity contribution is 0.323. The molecule has 0 atom stereocenters. The maximum absolute atomic E-state index is 5.60. The number of nitrogens with one attached hydrogen (secondary N) is 2. The quantitative estimate of drug-likeness (QED) is 0.772. The molecule has 1 heterocycles. The Kier molecular flexibility index (Phi) is 5.37. The average molecular weight is 312 g/mol. The second kappa shape index (κ2) is 7.88. The Labute approximate surface area is 137 Å². The highest BCUT2D eigenvalue weighted by atomic mass is 16.5. The molecule has 0 bridgehead atoms. The largest absolute Gasteiger partial charge is 0.497 e. The van der Waals surface area contributed by atoms with Crippen molar-refractivity contribution in [2.24, 2.45) is 0 Å². The maximum Gasteiger partial charge on any atom is 0.142 e. The first-order chi connectivity index (χ1) is 11.3. The molecule has 4 heteroatoms. The molecule has 1 aliphatic rings. The lowest BCUT2D eigenvalue weighted by Crippen LogP contribution is -2.21. The van der Waals surface area contributed by atoms with Crippen LogP contribution in [-0.4, -0.2) is 33.4 Å². The first-order valence-electron chi connectivity index (χ1n) is 8.18. The zero-order chi connectivity index (χ0) is 15.9. The van der Waals surface area contributed by atoms with E-state index < -0.39 is 0 Å². The average Bonchev–Trinajstić information content (AvgIpc) is 2.62. The minimum absolute atomic E-state index is 0.749. The summed E-state index contributed by atoms with van der Waals surface area (Å²) in [6, 6.07) is 14.7. The Balaban J connectivity index is 1.39. The van der Waals surface area contributed by atoms with Crippen LogP contribution in [0.2, 0.25) is 0 Å². The topological polar surface area (TPSA) is 42.5 Å². The highest BCUT2D eigenvalue weighted by molar-refractivity contribution is 5.59. The van der Waals surface area contributed by atoms with Crippen molar-refractivity contribution in [1.29, 1.82) is 0 Å². The van der Waals surface area contributed by atoms with Crippen molar-refractivity contribution in [1.82, 2.24) is 5.32 Å². The van der Waals surface area contributed by atoms with Gasteiger partial charge < -0.3 is 20.1 Å². The van der Waals surface area contributed by atoms with Crippen LogP contribution in [0.4, 0.5) is 5.69 Å². The van der Waals surface area contributed by atoms with Crippen LogP contribution in [0.5, 0.6) is 11.5 Å². The van der Waals surface area contributed by atoms with Gasteiger partial charge in [-0.15, -0.1) is 0 Å². The third-order valence-corrected chi connectivity index (χ3v) is 4.06. The van der Waals surface area contributed by atoms with Crippen molar-refractivity contribution in [3.8, 4) is 11.5 Å². The van der Waals surface area contributed by atoms with Crippen molar-refractivity contribution >= 4 is 5.69 Å². The van der Waals surface area contributed by atoms with Crippen LogP contribution in [0.1, 0.15) is 11.1 Å². The summed E-state index contributed by atoms with van der Waals surface area (Å²) in [5, 5.41) is 6.89. The highest BCUT2D eigenvalue weighted by Crippen LogP contribution is 2.28. The molecule has 0 fully saturated rings. The summed E-state index contributed by atoms with van der Waals surface area (Å²) < 4.78 is 10.8. The molecule has 0 spiro atoms. The molecule has 0 saturated heterocycles. The molecule has 1 aliphatic heterocycles. The second-order valence-electron chi connectivity index (χ2n) is 5.70. The molecular weight excluding hydrogens is 288 g/mol. The molecule has 2 aromatic carbocycles. The number of fused-ring (bicyclic) bond motifs is 1. The van der Waals surface area contributed by atoms with Gasteiger partial charge in [-0.3, -0.25) is 0 Å². The summed E-state index contributed by atoms with van der Waals surface area (Å²) in [6.45, 7) is 3.60. The number of ether oxygens (including phenoxy) is 2. The number of benzene rings is 2. The van der Waals surface area contributed by atoms with E-state index in [4.69, 9.17) is 9.47 Å². The van der Waals surface area contributed by atoms with Crippen LogP contribution in [0.25, 0.3) is 0 Å². The molecule has 4 nitrogen and oxygen atoms in total. The lowest BCUT2D eigenvalue weighted by Gasteiger charge is -2.19. The van der Waals surface area contributed by atoms with Crippen LogP contribution in [0.3, 0.4) is 0 Å². The van der Waals surface area contributed by atoms with E-state index in [2.05, 4.69) is 41.0 Å². The van der Waals surface area contributed by atoms with Gasteiger partial charge in [-0.1, -0.05) is 18.2 Å². The van der Waals surface area contributed by atoms with Gasteiger partial charge in [0, 0.05) is 6.54 Å². The van der Waals surface area contributed by atoms with Crippen LogP contribution < -0.4 is 20.1 Å². The van der Waals surface area contributed by atoms with E-state index in [9.17, 15) is 0 Å². The Morgan fingerprint density at radius 2 is 1.78 bits per heavy atom. The monoisotopic (exact) mass is 312 g/mol. The number of rotatable bonds is 7. The van der Waals surface area contributed by atoms with Crippen molar-refractivity contribution < 1.29 is 9.47 Å². The van der Waals surface area contributed by atoms with Crippen LogP contribution in [0, 0.1) is 0 Å². The molecule has 0 unspecified atom stereocenters. The van der Waals surface area contributed by atoms with E-state index in [0.29, 0.717) is 0 Å². The lowest BCUT2D eigenvalue weighted by atomic mass is 10.1. The van der Waals surface area contributed by atoms with Gasteiger partial charge in [0.05, 0.1) is 12.8 Å². The number of hydrogen-bond donors (Lipinski definition) is 2. The molecule has 23 heavy (non-hydrogen) atoms. The van der Waals surface area contributed by atoms with Crippen LogP contribution in [-0.2, 0) is 12.8 Å². The summed E-state index contributed by atoms with van der Waals surface area (Å²) in [6.07, 6.45) is 2.06. The summed E-state index contributed by atoms with van der Waals surface area (Å²) in [7, 11) is 1.69. The fourth-order valence-corrected chi connectivity index (χ4v) is 2.73. The first kappa shape index (κ1) is 15.7. The number of hydrogen-bond acceptors (Lipinski definition) is 4. The van der Waals surface area contributed by atoms with Crippen molar-refractivity contribution in [3.63, 3.8) is 0 Å². The van der Waals surface area contributed by atoms with E-state index in [1.807, 2.05) is 12.1 Å². The van der Waals surface area contributed by atoms with E-state index >= 15 is 0 Å². The van der Waals surface area contributed by atoms with Crippen molar-refractivity contribution in [2.75, 3.05) is 38.7 Å². The van der Waals surface area contributed by atoms with E-state index in [1.165, 1.54) is 11.1 Å². The zero-order valence-corrected chi connectivity index (χ0v) is 13.6. The third kappa shape index (κ3) is 4.39. The fourth-order valence-electron chi connectivity index (χ4n) is 2.73. The van der Waals surface area contributed by atoms with Gasteiger partial charge in [-0.2, -0.15) is 0 Å². The van der Waals surface area contributed by atoms with Crippen LogP contribution in [0.15, 0.2) is 42.5 Å². The molecule has 122 valence electrons.